The highest BCUT2D eigenvalue weighted by Gasteiger charge is 2.34. The maximum Gasteiger partial charge on any atom is 0.417 e. The van der Waals surface area contributed by atoms with Crippen LogP contribution in [0.4, 0.5) is 17.6 Å². The molecule has 1 heterocycles. The van der Waals surface area contributed by atoms with Crippen molar-refractivity contribution in [2.45, 2.75) is 11.1 Å². The smallest absolute Gasteiger partial charge is 0.417 e. The zero-order valence-corrected chi connectivity index (χ0v) is 13.4. The van der Waals surface area contributed by atoms with Gasteiger partial charge in [-0.25, -0.2) is 9.18 Å². The summed E-state index contributed by atoms with van der Waals surface area (Å²) in [5, 5.41) is -0.451. The second-order valence-electron chi connectivity index (χ2n) is 5.10. The maximum atomic E-state index is 13.6. The Morgan fingerprint density at radius 1 is 1.00 bits per heavy atom. The summed E-state index contributed by atoms with van der Waals surface area (Å²) in [6.45, 7) is 0. The van der Waals surface area contributed by atoms with Gasteiger partial charge in [-0.3, -0.25) is 0 Å². The standard InChI is InChI=1S/C16H8F4O5S/c17-12-3-1-2-4-14(12)26(22,23)25-9-5-6-10-11(16(18,19)20)8-15(21)24-13(10)7-9/h1-8H. The Labute approximate surface area is 143 Å². The minimum Gasteiger partial charge on any atom is -0.423 e. The molecule has 0 aliphatic rings. The van der Waals surface area contributed by atoms with Gasteiger partial charge in [-0.2, -0.15) is 21.6 Å². The van der Waals surface area contributed by atoms with Crippen molar-refractivity contribution in [2.75, 3.05) is 0 Å². The number of benzene rings is 2. The van der Waals surface area contributed by atoms with Crippen LogP contribution in [0.3, 0.4) is 0 Å². The summed E-state index contributed by atoms with van der Waals surface area (Å²) in [5.74, 6) is -1.50. The molecule has 10 heteroatoms. The van der Waals surface area contributed by atoms with Gasteiger partial charge in [0.05, 0.1) is 5.56 Å². The third kappa shape index (κ3) is 3.40. The summed E-state index contributed by atoms with van der Waals surface area (Å²) < 4.78 is 86.2. The van der Waals surface area contributed by atoms with Crippen LogP contribution < -0.4 is 9.81 Å². The first-order valence-corrected chi connectivity index (χ1v) is 8.33. The van der Waals surface area contributed by atoms with Gasteiger partial charge in [0.2, 0.25) is 0 Å². The van der Waals surface area contributed by atoms with E-state index in [2.05, 4.69) is 4.42 Å². The molecular formula is C16H8F4O5S. The Morgan fingerprint density at radius 3 is 2.35 bits per heavy atom. The quantitative estimate of drug-likeness (QED) is 0.388. The number of hydrogen-bond acceptors (Lipinski definition) is 5. The summed E-state index contributed by atoms with van der Waals surface area (Å²) in [7, 11) is -4.58. The van der Waals surface area contributed by atoms with Crippen molar-refractivity contribution in [2.24, 2.45) is 0 Å². The van der Waals surface area contributed by atoms with Crippen molar-refractivity contribution in [1.82, 2.24) is 0 Å². The van der Waals surface area contributed by atoms with Crippen molar-refractivity contribution >= 4 is 21.1 Å². The number of hydrogen-bond donors (Lipinski definition) is 0. The van der Waals surface area contributed by atoms with Crippen LogP contribution in [0.1, 0.15) is 5.56 Å². The SMILES string of the molecule is O=c1cc(C(F)(F)F)c2ccc(OS(=O)(=O)c3ccccc3F)cc2o1. The van der Waals surface area contributed by atoms with Gasteiger partial charge in [0.15, 0.2) is 0 Å². The monoisotopic (exact) mass is 388 g/mol. The molecule has 0 saturated carbocycles. The minimum atomic E-state index is -4.81. The Kier molecular flexibility index (Phi) is 4.23. The summed E-state index contributed by atoms with van der Waals surface area (Å²) in [6, 6.07) is 7.36. The molecule has 0 bridgehead atoms. The number of alkyl halides is 3. The van der Waals surface area contributed by atoms with Gasteiger partial charge in [-0.15, -0.1) is 0 Å². The number of rotatable bonds is 3. The first-order valence-electron chi connectivity index (χ1n) is 6.92. The van der Waals surface area contributed by atoms with Crippen LogP contribution in [0, 0.1) is 5.82 Å². The summed E-state index contributed by atoms with van der Waals surface area (Å²) in [4.78, 5) is 10.6. The first kappa shape index (κ1) is 17.9. The lowest BCUT2D eigenvalue weighted by Gasteiger charge is -2.11. The average Bonchev–Trinajstić information content (AvgIpc) is 2.52. The summed E-state index contributed by atoms with van der Waals surface area (Å²) >= 11 is 0. The largest absolute Gasteiger partial charge is 0.423 e. The minimum absolute atomic E-state index is 0.291. The topological polar surface area (TPSA) is 73.6 Å². The van der Waals surface area contributed by atoms with Gasteiger partial charge in [0, 0.05) is 17.5 Å². The molecule has 1 aromatic heterocycles. The highest BCUT2D eigenvalue weighted by Crippen LogP contribution is 2.35. The van der Waals surface area contributed by atoms with Crippen LogP contribution in [-0.4, -0.2) is 8.42 Å². The molecule has 0 saturated heterocycles. The lowest BCUT2D eigenvalue weighted by atomic mass is 10.1. The van der Waals surface area contributed by atoms with Crippen LogP contribution in [0.5, 0.6) is 5.75 Å². The molecule has 3 aromatic rings. The molecular weight excluding hydrogens is 380 g/mol. The van der Waals surface area contributed by atoms with E-state index in [-0.39, 0.29) is 0 Å². The summed E-state index contributed by atoms with van der Waals surface area (Å²) in [6.07, 6.45) is -4.81. The van der Waals surface area contributed by atoms with Crippen molar-refractivity contribution in [3.63, 3.8) is 0 Å². The predicted octanol–water partition coefficient (Wildman–Crippen LogP) is 3.72. The van der Waals surface area contributed by atoms with Gasteiger partial charge in [0.25, 0.3) is 0 Å². The van der Waals surface area contributed by atoms with Crippen molar-refractivity contribution in [1.29, 1.82) is 0 Å². The van der Waals surface area contributed by atoms with Gasteiger partial charge < -0.3 is 8.60 Å². The van der Waals surface area contributed by atoms with E-state index in [0.29, 0.717) is 6.07 Å². The molecule has 2 aromatic carbocycles. The van der Waals surface area contributed by atoms with E-state index in [1.54, 1.807) is 0 Å². The predicted molar refractivity (Wildman–Crippen MR) is 81.7 cm³/mol. The lowest BCUT2D eigenvalue weighted by Crippen LogP contribution is -2.12. The Balaban J connectivity index is 2.08. The average molecular weight is 388 g/mol. The second kappa shape index (κ2) is 6.13. The van der Waals surface area contributed by atoms with E-state index in [1.807, 2.05) is 0 Å². The van der Waals surface area contributed by atoms with Crippen LogP contribution in [0.2, 0.25) is 0 Å². The molecule has 0 spiro atoms. The van der Waals surface area contributed by atoms with Crippen LogP contribution in [0.25, 0.3) is 11.0 Å². The van der Waals surface area contributed by atoms with Crippen molar-refractivity contribution in [3.05, 3.63) is 70.3 Å². The third-order valence-electron chi connectivity index (χ3n) is 3.33. The fourth-order valence-corrected chi connectivity index (χ4v) is 3.25. The van der Waals surface area contributed by atoms with Gasteiger partial charge >= 0.3 is 21.9 Å². The molecule has 0 amide bonds. The highest BCUT2D eigenvalue weighted by atomic mass is 32.2. The zero-order chi connectivity index (χ0) is 19.1. The van der Waals surface area contributed by atoms with Crippen molar-refractivity contribution < 1.29 is 34.6 Å². The van der Waals surface area contributed by atoms with Crippen LogP contribution >= 0.6 is 0 Å². The Hall–Kier alpha value is -2.88. The van der Waals surface area contributed by atoms with Gasteiger partial charge in [-0.05, 0) is 24.3 Å². The van der Waals surface area contributed by atoms with Gasteiger partial charge in [-0.1, -0.05) is 12.1 Å². The molecule has 136 valence electrons. The number of halogens is 4. The van der Waals surface area contributed by atoms with E-state index in [0.717, 1.165) is 30.3 Å². The zero-order valence-electron chi connectivity index (χ0n) is 12.6. The molecule has 26 heavy (non-hydrogen) atoms. The molecule has 0 N–H and O–H groups in total. The third-order valence-corrected chi connectivity index (χ3v) is 4.61. The van der Waals surface area contributed by atoms with E-state index in [9.17, 15) is 30.8 Å². The molecule has 0 aliphatic heterocycles. The normalized spacial score (nSPS) is 12.3. The molecule has 0 aliphatic carbocycles. The second-order valence-corrected chi connectivity index (χ2v) is 6.62. The molecule has 5 nitrogen and oxygen atoms in total. The number of fused-ring (bicyclic) bond motifs is 1. The van der Waals surface area contributed by atoms with E-state index in [1.165, 1.54) is 12.1 Å². The fraction of sp³-hybridized carbons (Fsp3) is 0.0625. The van der Waals surface area contributed by atoms with Crippen LogP contribution in [-0.2, 0) is 16.3 Å². The van der Waals surface area contributed by atoms with E-state index >= 15 is 0 Å². The fourth-order valence-electron chi connectivity index (χ4n) is 2.25. The van der Waals surface area contributed by atoms with E-state index < -0.39 is 54.9 Å². The molecule has 0 unspecified atom stereocenters. The Morgan fingerprint density at radius 2 is 1.69 bits per heavy atom. The first-order chi connectivity index (χ1) is 12.1. The highest BCUT2D eigenvalue weighted by molar-refractivity contribution is 7.87. The maximum absolute atomic E-state index is 13.6. The van der Waals surface area contributed by atoms with Crippen molar-refractivity contribution in [3.8, 4) is 5.75 Å². The molecule has 0 radical (unpaired) electrons. The van der Waals surface area contributed by atoms with Crippen LogP contribution in [0.15, 0.2) is 62.6 Å². The van der Waals surface area contributed by atoms with E-state index in [4.69, 9.17) is 4.18 Å². The lowest BCUT2D eigenvalue weighted by molar-refractivity contribution is -0.136. The van der Waals surface area contributed by atoms with Gasteiger partial charge in [0.1, 0.15) is 22.0 Å². The molecule has 0 fully saturated rings. The molecule has 0 atom stereocenters. The molecule has 3 rings (SSSR count). The Bertz CT molecular complexity index is 1150. The summed E-state index contributed by atoms with van der Waals surface area (Å²) in [5.41, 5.74) is -3.02.